The van der Waals surface area contributed by atoms with Crippen LogP contribution in [0.4, 0.5) is 0 Å². The first-order chi connectivity index (χ1) is 6.30. The SMILES string of the molecule is Oc1ccccc1C12CNC(C1)C2. The molecular weight excluding hydrogens is 162 g/mol. The highest BCUT2D eigenvalue weighted by Gasteiger charge is 2.52. The molecule has 2 bridgehead atoms. The van der Waals surface area contributed by atoms with Crippen LogP contribution in [0.3, 0.4) is 0 Å². The molecule has 2 N–H and O–H groups in total. The van der Waals surface area contributed by atoms with E-state index in [0.29, 0.717) is 11.8 Å². The lowest BCUT2D eigenvalue weighted by molar-refractivity contribution is 0.294. The Morgan fingerprint density at radius 1 is 1.31 bits per heavy atom. The Labute approximate surface area is 77.6 Å². The van der Waals surface area contributed by atoms with Crippen molar-refractivity contribution in [1.29, 1.82) is 0 Å². The lowest BCUT2D eigenvalue weighted by Gasteiger charge is -2.37. The first-order valence-electron chi connectivity index (χ1n) is 4.82. The number of hydrogen-bond donors (Lipinski definition) is 2. The summed E-state index contributed by atoms with van der Waals surface area (Å²) in [5.74, 6) is 0.463. The number of rotatable bonds is 1. The van der Waals surface area contributed by atoms with Crippen molar-refractivity contribution in [1.82, 2.24) is 5.32 Å². The van der Waals surface area contributed by atoms with Crippen LogP contribution in [0.2, 0.25) is 0 Å². The molecule has 0 radical (unpaired) electrons. The number of nitrogens with one attached hydrogen (secondary N) is 1. The van der Waals surface area contributed by atoms with Crippen LogP contribution in [0.25, 0.3) is 0 Å². The zero-order valence-electron chi connectivity index (χ0n) is 7.46. The third-order valence-corrected chi connectivity index (χ3v) is 3.48. The van der Waals surface area contributed by atoms with Crippen LogP contribution >= 0.6 is 0 Å². The van der Waals surface area contributed by atoms with Gasteiger partial charge in [-0.1, -0.05) is 18.2 Å². The lowest BCUT2D eigenvalue weighted by atomic mass is 9.65. The van der Waals surface area contributed by atoms with Gasteiger partial charge in [0.2, 0.25) is 0 Å². The van der Waals surface area contributed by atoms with Crippen LogP contribution in [-0.2, 0) is 5.41 Å². The van der Waals surface area contributed by atoms with Crippen LogP contribution in [0.5, 0.6) is 5.75 Å². The summed E-state index contributed by atoms with van der Waals surface area (Å²) in [5, 5.41) is 13.2. The van der Waals surface area contributed by atoms with Gasteiger partial charge < -0.3 is 10.4 Å². The lowest BCUT2D eigenvalue weighted by Crippen LogP contribution is -2.37. The summed E-state index contributed by atoms with van der Waals surface area (Å²) in [4.78, 5) is 0. The van der Waals surface area contributed by atoms with Crippen LogP contribution in [0.1, 0.15) is 18.4 Å². The monoisotopic (exact) mass is 175 g/mol. The summed E-state index contributed by atoms with van der Waals surface area (Å²) in [6.07, 6.45) is 2.40. The van der Waals surface area contributed by atoms with Gasteiger partial charge in [-0.2, -0.15) is 0 Å². The molecule has 2 heterocycles. The summed E-state index contributed by atoms with van der Waals surface area (Å²) in [7, 11) is 0. The molecule has 2 saturated heterocycles. The number of aromatic hydroxyl groups is 1. The number of fused-ring (bicyclic) bond motifs is 1. The van der Waals surface area contributed by atoms with E-state index in [2.05, 4.69) is 11.4 Å². The molecule has 0 spiro atoms. The van der Waals surface area contributed by atoms with Crippen LogP contribution in [-0.4, -0.2) is 17.7 Å². The van der Waals surface area contributed by atoms with Crippen molar-refractivity contribution >= 4 is 0 Å². The van der Waals surface area contributed by atoms with Gasteiger partial charge >= 0.3 is 0 Å². The molecule has 0 amide bonds. The molecule has 4 rings (SSSR count). The van der Waals surface area contributed by atoms with Gasteiger partial charge in [0.25, 0.3) is 0 Å². The van der Waals surface area contributed by atoms with Crippen molar-refractivity contribution in [2.24, 2.45) is 0 Å². The van der Waals surface area contributed by atoms with Gasteiger partial charge in [-0.15, -0.1) is 0 Å². The summed E-state index contributed by atoms with van der Waals surface area (Å²) in [6, 6.07) is 8.44. The molecule has 3 fully saturated rings. The quantitative estimate of drug-likeness (QED) is 0.676. The van der Waals surface area contributed by atoms with Gasteiger partial charge in [0.05, 0.1) is 0 Å². The molecule has 1 aromatic rings. The summed E-state index contributed by atoms with van der Waals surface area (Å²) < 4.78 is 0. The predicted octanol–water partition coefficient (Wildman–Crippen LogP) is 1.40. The van der Waals surface area contributed by atoms with Gasteiger partial charge in [-0.05, 0) is 18.9 Å². The van der Waals surface area contributed by atoms with Crippen molar-refractivity contribution in [3.63, 3.8) is 0 Å². The number of benzene rings is 1. The first-order valence-corrected chi connectivity index (χ1v) is 4.82. The average molecular weight is 175 g/mol. The highest BCUT2D eigenvalue weighted by atomic mass is 16.3. The van der Waals surface area contributed by atoms with E-state index in [1.165, 1.54) is 12.8 Å². The van der Waals surface area contributed by atoms with Crippen LogP contribution in [0.15, 0.2) is 24.3 Å². The van der Waals surface area contributed by atoms with Crippen molar-refractivity contribution < 1.29 is 5.11 Å². The zero-order valence-corrected chi connectivity index (χ0v) is 7.46. The Hall–Kier alpha value is -1.02. The number of phenols is 1. The molecule has 0 atom stereocenters. The largest absolute Gasteiger partial charge is 0.508 e. The van der Waals surface area contributed by atoms with Crippen LogP contribution in [0, 0.1) is 0 Å². The second-order valence-corrected chi connectivity index (χ2v) is 4.28. The fourth-order valence-electron chi connectivity index (χ4n) is 2.75. The first kappa shape index (κ1) is 7.39. The second kappa shape index (κ2) is 2.26. The number of para-hydroxylation sites is 1. The molecular formula is C11H13NO. The van der Waals surface area contributed by atoms with Gasteiger partial charge in [0.1, 0.15) is 5.75 Å². The number of hydrogen-bond acceptors (Lipinski definition) is 2. The maximum Gasteiger partial charge on any atom is 0.119 e. The maximum absolute atomic E-state index is 9.73. The molecule has 2 aliphatic heterocycles. The minimum atomic E-state index is 0.260. The summed E-state index contributed by atoms with van der Waals surface area (Å²) in [6.45, 7) is 1.04. The summed E-state index contributed by atoms with van der Waals surface area (Å²) in [5.41, 5.74) is 1.40. The van der Waals surface area contributed by atoms with E-state index in [0.717, 1.165) is 12.1 Å². The van der Waals surface area contributed by atoms with Crippen LogP contribution < -0.4 is 5.32 Å². The van der Waals surface area contributed by atoms with E-state index < -0.39 is 0 Å². The summed E-state index contributed by atoms with van der Waals surface area (Å²) >= 11 is 0. The average Bonchev–Trinajstić information content (AvgIpc) is 2.63. The standard InChI is InChI=1S/C11H13NO/c13-10-4-2-1-3-9(10)11-5-8(6-11)12-7-11/h1-4,8,12-13H,5-7H2. The molecule has 68 valence electrons. The molecule has 0 unspecified atom stereocenters. The topological polar surface area (TPSA) is 32.3 Å². The smallest absolute Gasteiger partial charge is 0.119 e. The molecule has 13 heavy (non-hydrogen) atoms. The van der Waals surface area contributed by atoms with Gasteiger partial charge in [0, 0.05) is 23.6 Å². The maximum atomic E-state index is 9.73. The Bertz CT molecular complexity index is 336. The molecule has 1 saturated carbocycles. The zero-order chi connectivity index (χ0) is 8.89. The van der Waals surface area contributed by atoms with Gasteiger partial charge in [0.15, 0.2) is 0 Å². The fourth-order valence-corrected chi connectivity index (χ4v) is 2.75. The van der Waals surface area contributed by atoms with E-state index in [-0.39, 0.29) is 5.41 Å². The fraction of sp³-hybridized carbons (Fsp3) is 0.455. The van der Waals surface area contributed by atoms with E-state index in [1.807, 2.05) is 12.1 Å². The molecule has 1 aliphatic carbocycles. The van der Waals surface area contributed by atoms with E-state index in [1.54, 1.807) is 6.07 Å². The molecule has 3 aliphatic rings. The molecule has 2 heteroatoms. The minimum absolute atomic E-state index is 0.260. The molecule has 0 aromatic heterocycles. The van der Waals surface area contributed by atoms with E-state index in [9.17, 15) is 5.11 Å². The minimum Gasteiger partial charge on any atom is -0.508 e. The van der Waals surface area contributed by atoms with Crippen molar-refractivity contribution in [3.8, 4) is 5.75 Å². The van der Waals surface area contributed by atoms with Crippen molar-refractivity contribution in [2.75, 3.05) is 6.54 Å². The van der Waals surface area contributed by atoms with Crippen molar-refractivity contribution in [3.05, 3.63) is 29.8 Å². The second-order valence-electron chi connectivity index (χ2n) is 4.28. The molecule has 2 nitrogen and oxygen atoms in total. The Morgan fingerprint density at radius 3 is 2.69 bits per heavy atom. The normalized spacial score (nSPS) is 35.8. The predicted molar refractivity (Wildman–Crippen MR) is 50.8 cm³/mol. The number of phenolic OH excluding ortho intramolecular Hbond substituents is 1. The Morgan fingerprint density at radius 2 is 2.08 bits per heavy atom. The Balaban J connectivity index is 2.05. The highest BCUT2D eigenvalue weighted by molar-refractivity contribution is 5.43. The van der Waals surface area contributed by atoms with Crippen molar-refractivity contribution in [2.45, 2.75) is 24.3 Å². The third kappa shape index (κ3) is 0.866. The Kier molecular flexibility index (Phi) is 1.29. The van der Waals surface area contributed by atoms with E-state index >= 15 is 0 Å². The van der Waals surface area contributed by atoms with Gasteiger partial charge in [-0.25, -0.2) is 0 Å². The van der Waals surface area contributed by atoms with Gasteiger partial charge in [-0.3, -0.25) is 0 Å². The third-order valence-electron chi connectivity index (χ3n) is 3.48. The molecule has 1 aromatic carbocycles. The van der Waals surface area contributed by atoms with E-state index in [4.69, 9.17) is 0 Å². The highest BCUT2D eigenvalue weighted by Crippen LogP contribution is 2.50.